The van der Waals surface area contributed by atoms with E-state index in [-0.39, 0.29) is 11.3 Å². The molecular formula is C21H19N5O5. The molecule has 158 valence electrons. The number of rotatable bonds is 5. The summed E-state index contributed by atoms with van der Waals surface area (Å²) >= 11 is 0. The Morgan fingerprint density at radius 2 is 1.94 bits per heavy atom. The van der Waals surface area contributed by atoms with E-state index in [4.69, 9.17) is 0 Å². The minimum atomic E-state index is -1.51. The molecule has 10 heteroatoms. The summed E-state index contributed by atoms with van der Waals surface area (Å²) in [6, 6.07) is 14.2. The molecule has 0 saturated carbocycles. The molecule has 1 N–H and O–H groups in total. The lowest BCUT2D eigenvalue weighted by atomic mass is 9.91. The third-order valence-electron chi connectivity index (χ3n) is 5.40. The first kappa shape index (κ1) is 20.2. The fourth-order valence-corrected chi connectivity index (χ4v) is 3.65. The largest absolute Gasteiger partial charge is 0.325 e. The summed E-state index contributed by atoms with van der Waals surface area (Å²) in [6.45, 7) is 1.34. The molecule has 10 nitrogen and oxygen atoms in total. The molecule has 4 rings (SSSR count). The van der Waals surface area contributed by atoms with Gasteiger partial charge in [-0.05, 0) is 18.1 Å². The fraction of sp³-hybridized carbons (Fsp3) is 0.238. The second kappa shape index (κ2) is 7.63. The topological polar surface area (TPSA) is 125 Å². The lowest BCUT2D eigenvalue weighted by molar-refractivity contribution is -0.385. The zero-order valence-corrected chi connectivity index (χ0v) is 16.6. The van der Waals surface area contributed by atoms with Crippen molar-refractivity contribution in [2.75, 3.05) is 13.1 Å². The summed E-state index contributed by atoms with van der Waals surface area (Å²) in [5.74, 6) is -1.14. The van der Waals surface area contributed by atoms with Crippen LogP contribution in [0.3, 0.4) is 0 Å². The van der Waals surface area contributed by atoms with Crippen molar-refractivity contribution < 1.29 is 19.3 Å². The number of hydrogen-bond donors (Lipinski definition) is 1. The number of non-ortho nitro benzene ring substituents is 1. The minimum Gasteiger partial charge on any atom is -0.319 e. The van der Waals surface area contributed by atoms with Gasteiger partial charge < -0.3 is 5.32 Å². The summed E-state index contributed by atoms with van der Waals surface area (Å²) in [6.07, 6.45) is 0.571. The van der Waals surface area contributed by atoms with Crippen LogP contribution in [-0.2, 0) is 15.1 Å². The Bertz CT molecular complexity index is 1120. The molecule has 1 fully saturated rings. The number of hydrazone groups is 1. The van der Waals surface area contributed by atoms with Crippen LogP contribution in [0.15, 0.2) is 59.7 Å². The first-order chi connectivity index (χ1) is 14.8. The number of benzene rings is 2. The zero-order valence-electron chi connectivity index (χ0n) is 16.6. The molecule has 0 aliphatic carbocycles. The first-order valence-corrected chi connectivity index (χ1v) is 9.62. The zero-order chi connectivity index (χ0) is 22.2. The van der Waals surface area contributed by atoms with E-state index in [0.717, 1.165) is 16.2 Å². The molecule has 2 aromatic rings. The van der Waals surface area contributed by atoms with Crippen LogP contribution in [0.5, 0.6) is 0 Å². The fourth-order valence-electron chi connectivity index (χ4n) is 3.65. The highest BCUT2D eigenvalue weighted by atomic mass is 16.6. The maximum atomic E-state index is 13.0. The third kappa shape index (κ3) is 3.63. The van der Waals surface area contributed by atoms with Gasteiger partial charge in [0.15, 0.2) is 0 Å². The number of hydrogen-bond acceptors (Lipinski definition) is 6. The molecule has 31 heavy (non-hydrogen) atoms. The van der Waals surface area contributed by atoms with Crippen molar-refractivity contribution in [3.05, 3.63) is 75.8 Å². The minimum absolute atomic E-state index is 0.199. The maximum absolute atomic E-state index is 13.0. The highest BCUT2D eigenvalue weighted by molar-refractivity contribution is 6.09. The van der Waals surface area contributed by atoms with Gasteiger partial charge in [0, 0.05) is 18.6 Å². The van der Waals surface area contributed by atoms with Crippen molar-refractivity contribution in [1.82, 2.24) is 15.2 Å². The number of nitrogens with zero attached hydrogens (tertiary/aromatic N) is 4. The van der Waals surface area contributed by atoms with Gasteiger partial charge in [-0.1, -0.05) is 42.5 Å². The van der Waals surface area contributed by atoms with E-state index in [9.17, 15) is 24.5 Å². The molecular weight excluding hydrogens is 402 g/mol. The molecule has 2 heterocycles. The van der Waals surface area contributed by atoms with Crippen LogP contribution in [0.1, 0.15) is 24.5 Å². The number of nitro benzene ring substituents is 1. The van der Waals surface area contributed by atoms with Crippen LogP contribution in [0.25, 0.3) is 0 Å². The summed E-state index contributed by atoms with van der Waals surface area (Å²) in [5, 5.41) is 19.2. The van der Waals surface area contributed by atoms with Crippen LogP contribution >= 0.6 is 0 Å². The normalized spacial score (nSPS) is 20.6. The first-order valence-electron chi connectivity index (χ1n) is 9.62. The molecule has 2 aliphatic rings. The van der Waals surface area contributed by atoms with E-state index in [2.05, 4.69) is 10.4 Å². The highest BCUT2D eigenvalue weighted by Gasteiger charge is 2.50. The number of nitro groups is 1. The van der Waals surface area contributed by atoms with Crippen LogP contribution in [0.2, 0.25) is 0 Å². The molecule has 2 aromatic carbocycles. The van der Waals surface area contributed by atoms with Crippen LogP contribution in [0.4, 0.5) is 10.5 Å². The van der Waals surface area contributed by atoms with Gasteiger partial charge >= 0.3 is 6.03 Å². The predicted octanol–water partition coefficient (Wildman–Crippen LogP) is 2.00. The van der Waals surface area contributed by atoms with Gasteiger partial charge in [-0.2, -0.15) is 5.10 Å². The molecule has 1 unspecified atom stereocenters. The van der Waals surface area contributed by atoms with Crippen LogP contribution in [0, 0.1) is 10.1 Å². The van der Waals surface area contributed by atoms with E-state index in [0.29, 0.717) is 13.0 Å². The molecule has 2 aliphatic heterocycles. The van der Waals surface area contributed by atoms with E-state index in [1.807, 2.05) is 30.3 Å². The Morgan fingerprint density at radius 3 is 2.65 bits per heavy atom. The Kier molecular flexibility index (Phi) is 4.97. The Labute approximate surface area is 177 Å². The van der Waals surface area contributed by atoms with Crippen molar-refractivity contribution in [3.63, 3.8) is 0 Å². The summed E-state index contributed by atoms with van der Waals surface area (Å²) in [5.41, 5.74) is 0.224. The maximum Gasteiger partial charge on any atom is 0.325 e. The second-order valence-electron chi connectivity index (χ2n) is 7.43. The molecule has 0 bridgehead atoms. The van der Waals surface area contributed by atoms with Crippen molar-refractivity contribution in [1.29, 1.82) is 0 Å². The van der Waals surface area contributed by atoms with Crippen LogP contribution < -0.4 is 5.32 Å². The number of carbonyl (C=O) groups excluding carboxylic acids is 3. The van der Waals surface area contributed by atoms with Crippen LogP contribution in [-0.4, -0.2) is 51.5 Å². The molecule has 1 atom stereocenters. The average Bonchev–Trinajstić information content (AvgIpc) is 3.35. The lowest BCUT2D eigenvalue weighted by Crippen LogP contribution is -2.43. The summed E-state index contributed by atoms with van der Waals surface area (Å²) in [4.78, 5) is 49.5. The highest BCUT2D eigenvalue weighted by Crippen LogP contribution is 2.31. The number of imide groups is 1. The average molecular weight is 421 g/mol. The van der Waals surface area contributed by atoms with E-state index >= 15 is 0 Å². The Balaban J connectivity index is 1.51. The monoisotopic (exact) mass is 421 g/mol. The number of carbonyl (C=O) groups is 3. The Hall–Kier alpha value is -4.08. The third-order valence-corrected chi connectivity index (χ3v) is 5.40. The standard InChI is InChI=1S/C21H19N5O5/c1-21(15-8-5-9-16(12-15)26(30)31)19(28)24(20(29)22-21)13-18(27)25-11-10-17(23-25)14-6-3-2-4-7-14/h2-9,12H,10-11,13H2,1H3,(H,22,29). The smallest absolute Gasteiger partial charge is 0.319 e. The number of amides is 4. The second-order valence-corrected chi connectivity index (χ2v) is 7.43. The molecule has 0 spiro atoms. The van der Waals surface area contributed by atoms with Gasteiger partial charge in [-0.25, -0.2) is 9.80 Å². The lowest BCUT2D eigenvalue weighted by Gasteiger charge is -2.22. The predicted molar refractivity (Wildman–Crippen MR) is 110 cm³/mol. The van der Waals surface area contributed by atoms with Crippen molar-refractivity contribution in [3.8, 4) is 0 Å². The van der Waals surface area contributed by atoms with E-state index in [1.54, 1.807) is 0 Å². The quantitative estimate of drug-likeness (QED) is 0.449. The summed E-state index contributed by atoms with van der Waals surface area (Å²) in [7, 11) is 0. The molecule has 4 amide bonds. The van der Waals surface area contributed by atoms with Gasteiger partial charge in [0.05, 0.1) is 17.2 Å². The van der Waals surface area contributed by atoms with Gasteiger partial charge in [0.2, 0.25) is 0 Å². The van der Waals surface area contributed by atoms with Crippen molar-refractivity contribution in [2.24, 2.45) is 5.10 Å². The Morgan fingerprint density at radius 1 is 1.19 bits per heavy atom. The van der Waals surface area contributed by atoms with E-state index in [1.165, 1.54) is 36.2 Å². The van der Waals surface area contributed by atoms with Crippen molar-refractivity contribution in [2.45, 2.75) is 18.9 Å². The van der Waals surface area contributed by atoms with Gasteiger partial charge in [0.1, 0.15) is 12.1 Å². The van der Waals surface area contributed by atoms with Gasteiger partial charge in [-0.15, -0.1) is 0 Å². The molecule has 0 radical (unpaired) electrons. The summed E-state index contributed by atoms with van der Waals surface area (Å²) < 4.78 is 0. The molecule has 0 aromatic heterocycles. The SMILES string of the molecule is CC1(c2cccc([N+](=O)[O-])c2)NC(=O)N(CC(=O)N2CCC(c3ccccc3)=N2)C1=O. The molecule has 1 saturated heterocycles. The van der Waals surface area contributed by atoms with Crippen molar-refractivity contribution >= 4 is 29.2 Å². The van der Waals surface area contributed by atoms with Gasteiger partial charge in [-0.3, -0.25) is 24.6 Å². The van der Waals surface area contributed by atoms with E-state index < -0.39 is 34.9 Å². The number of nitrogens with one attached hydrogen (secondary N) is 1. The number of urea groups is 1. The van der Waals surface area contributed by atoms with Gasteiger partial charge in [0.25, 0.3) is 17.5 Å².